The Morgan fingerprint density at radius 3 is 2.65 bits per heavy atom. The number of nitrogens with one attached hydrogen (secondary N) is 1. The SMILES string of the molecule is O=C(O)C1=C(SC(=O)N2CCNCC2)S[C@@H]2CC(=O)N12. The lowest BCUT2D eigenvalue weighted by Gasteiger charge is -2.33. The van der Waals surface area contributed by atoms with Crippen LogP contribution in [0.3, 0.4) is 0 Å². The summed E-state index contributed by atoms with van der Waals surface area (Å²) in [5.41, 5.74) is -0.0373. The van der Waals surface area contributed by atoms with Gasteiger partial charge in [0.15, 0.2) is 5.70 Å². The second-order valence-electron chi connectivity index (χ2n) is 4.59. The molecule has 0 aromatic heterocycles. The Balaban J connectivity index is 1.74. The normalized spacial score (nSPS) is 25.6. The van der Waals surface area contributed by atoms with Crippen LogP contribution in [0.4, 0.5) is 4.79 Å². The third-order valence-corrected chi connectivity index (χ3v) is 5.75. The summed E-state index contributed by atoms with van der Waals surface area (Å²) in [6, 6.07) is 0. The first-order chi connectivity index (χ1) is 9.58. The smallest absolute Gasteiger partial charge is 0.354 e. The summed E-state index contributed by atoms with van der Waals surface area (Å²) in [6.07, 6.45) is 0.341. The number of hydrogen-bond donors (Lipinski definition) is 2. The Morgan fingerprint density at radius 2 is 2.05 bits per heavy atom. The molecular formula is C11H13N3O4S2. The molecular weight excluding hydrogens is 302 g/mol. The van der Waals surface area contributed by atoms with Gasteiger partial charge in [-0.1, -0.05) is 11.8 Å². The Morgan fingerprint density at radius 1 is 1.35 bits per heavy atom. The molecule has 108 valence electrons. The van der Waals surface area contributed by atoms with Gasteiger partial charge in [0.1, 0.15) is 0 Å². The number of carbonyl (C=O) groups is 3. The molecule has 20 heavy (non-hydrogen) atoms. The van der Waals surface area contributed by atoms with Crippen molar-refractivity contribution in [2.45, 2.75) is 11.8 Å². The van der Waals surface area contributed by atoms with Crippen molar-refractivity contribution < 1.29 is 19.5 Å². The second-order valence-corrected chi connectivity index (χ2v) is 6.99. The Labute approximate surface area is 123 Å². The largest absolute Gasteiger partial charge is 0.477 e. The van der Waals surface area contributed by atoms with Crippen molar-refractivity contribution in [2.75, 3.05) is 26.2 Å². The standard InChI is InChI=1S/C11H13N3O4S2/c15-6-5-7-14(6)8(9(16)17)10(19-7)20-11(18)13-3-1-12-2-4-13/h7,12H,1-5H2,(H,16,17)/t7-/m1/s1. The minimum absolute atomic E-state index is 0.0373. The topological polar surface area (TPSA) is 90.0 Å². The van der Waals surface area contributed by atoms with Gasteiger partial charge in [0, 0.05) is 26.2 Å². The number of thioether (sulfide) groups is 2. The van der Waals surface area contributed by atoms with E-state index in [1.807, 2.05) is 0 Å². The molecule has 2 fully saturated rings. The van der Waals surface area contributed by atoms with Gasteiger partial charge < -0.3 is 15.3 Å². The average molecular weight is 315 g/mol. The minimum atomic E-state index is -1.15. The molecule has 2 saturated heterocycles. The molecule has 0 aromatic carbocycles. The lowest BCUT2D eigenvalue weighted by atomic mass is 10.2. The average Bonchev–Trinajstić information content (AvgIpc) is 2.72. The first-order valence-electron chi connectivity index (χ1n) is 6.21. The fourth-order valence-electron chi connectivity index (χ4n) is 2.28. The molecule has 0 spiro atoms. The predicted molar refractivity (Wildman–Crippen MR) is 74.9 cm³/mol. The molecule has 0 radical (unpaired) electrons. The highest BCUT2D eigenvalue weighted by atomic mass is 32.2. The maximum Gasteiger partial charge on any atom is 0.354 e. The zero-order valence-corrected chi connectivity index (χ0v) is 12.1. The van der Waals surface area contributed by atoms with E-state index in [4.69, 9.17) is 0 Å². The van der Waals surface area contributed by atoms with Crippen molar-refractivity contribution in [2.24, 2.45) is 0 Å². The molecule has 3 aliphatic rings. The zero-order valence-electron chi connectivity index (χ0n) is 10.5. The van der Waals surface area contributed by atoms with Crippen LogP contribution in [0.1, 0.15) is 6.42 Å². The van der Waals surface area contributed by atoms with Crippen LogP contribution in [0, 0.1) is 0 Å². The fraction of sp³-hybridized carbons (Fsp3) is 0.545. The van der Waals surface area contributed by atoms with E-state index in [9.17, 15) is 19.5 Å². The number of aliphatic carboxylic acids is 1. The number of carboxylic acids is 1. The summed E-state index contributed by atoms with van der Waals surface area (Å²) >= 11 is 2.22. The van der Waals surface area contributed by atoms with Crippen molar-refractivity contribution in [3.8, 4) is 0 Å². The van der Waals surface area contributed by atoms with E-state index in [0.29, 0.717) is 23.7 Å². The monoisotopic (exact) mass is 315 g/mol. The molecule has 1 atom stereocenters. The summed E-state index contributed by atoms with van der Waals surface area (Å²) < 4.78 is 0.428. The summed E-state index contributed by atoms with van der Waals surface area (Å²) in [5, 5.41) is 12.1. The number of rotatable bonds is 2. The van der Waals surface area contributed by atoms with E-state index in [-0.39, 0.29) is 22.2 Å². The molecule has 0 unspecified atom stereocenters. The van der Waals surface area contributed by atoms with Gasteiger partial charge in [0.05, 0.1) is 16.0 Å². The van der Waals surface area contributed by atoms with Crippen LogP contribution in [-0.2, 0) is 9.59 Å². The van der Waals surface area contributed by atoms with E-state index in [1.165, 1.54) is 16.7 Å². The summed E-state index contributed by atoms with van der Waals surface area (Å²) in [5.74, 6) is -1.34. The third kappa shape index (κ3) is 2.29. The highest BCUT2D eigenvalue weighted by Crippen LogP contribution is 2.50. The number of piperazine rings is 1. The first-order valence-corrected chi connectivity index (χ1v) is 7.91. The number of carboxylic acid groups (broad SMARTS) is 1. The van der Waals surface area contributed by atoms with Gasteiger partial charge in [-0.25, -0.2) is 4.79 Å². The fourth-order valence-corrected chi connectivity index (χ4v) is 4.87. The quantitative estimate of drug-likeness (QED) is 0.709. The van der Waals surface area contributed by atoms with Crippen LogP contribution < -0.4 is 5.32 Å². The highest BCUT2D eigenvalue weighted by molar-refractivity contribution is 8.29. The minimum Gasteiger partial charge on any atom is -0.477 e. The van der Waals surface area contributed by atoms with E-state index >= 15 is 0 Å². The van der Waals surface area contributed by atoms with Gasteiger partial charge in [-0.3, -0.25) is 14.5 Å². The zero-order chi connectivity index (χ0) is 14.3. The van der Waals surface area contributed by atoms with Crippen molar-refractivity contribution in [1.82, 2.24) is 15.1 Å². The van der Waals surface area contributed by atoms with Gasteiger partial charge in [-0.05, 0) is 11.8 Å². The highest BCUT2D eigenvalue weighted by Gasteiger charge is 2.49. The number of hydrogen-bond acceptors (Lipinski definition) is 6. The molecule has 3 rings (SSSR count). The third-order valence-electron chi connectivity index (χ3n) is 3.34. The van der Waals surface area contributed by atoms with E-state index < -0.39 is 5.97 Å². The van der Waals surface area contributed by atoms with Crippen LogP contribution in [-0.4, -0.2) is 63.6 Å². The summed E-state index contributed by atoms with van der Waals surface area (Å²) in [7, 11) is 0. The number of β-lactam (4-membered cyclic amide) rings is 1. The lowest BCUT2D eigenvalue weighted by molar-refractivity contribution is -0.145. The van der Waals surface area contributed by atoms with Gasteiger partial charge in [0.25, 0.3) is 5.24 Å². The Bertz CT molecular complexity index is 516. The number of fused-ring (bicyclic) bond motifs is 1. The predicted octanol–water partition coefficient (Wildman–Crippen LogP) is 0.304. The molecule has 0 bridgehead atoms. The molecule has 0 aliphatic carbocycles. The van der Waals surface area contributed by atoms with Gasteiger partial charge in [-0.15, -0.1) is 0 Å². The van der Waals surface area contributed by atoms with Crippen LogP contribution >= 0.6 is 23.5 Å². The number of amides is 2. The van der Waals surface area contributed by atoms with E-state index in [2.05, 4.69) is 5.32 Å². The van der Waals surface area contributed by atoms with Gasteiger partial charge >= 0.3 is 5.97 Å². The number of nitrogens with zero attached hydrogens (tertiary/aromatic N) is 2. The molecule has 3 heterocycles. The van der Waals surface area contributed by atoms with Crippen LogP contribution in [0.5, 0.6) is 0 Å². The van der Waals surface area contributed by atoms with Crippen LogP contribution in [0.15, 0.2) is 9.93 Å². The maximum atomic E-state index is 12.2. The van der Waals surface area contributed by atoms with E-state index in [1.54, 1.807) is 4.90 Å². The maximum absolute atomic E-state index is 12.2. The van der Waals surface area contributed by atoms with Crippen molar-refractivity contribution >= 4 is 40.6 Å². The molecule has 0 aromatic rings. The van der Waals surface area contributed by atoms with Crippen LogP contribution in [0.2, 0.25) is 0 Å². The van der Waals surface area contributed by atoms with E-state index in [0.717, 1.165) is 24.9 Å². The van der Waals surface area contributed by atoms with Crippen LogP contribution in [0.25, 0.3) is 0 Å². The van der Waals surface area contributed by atoms with Crippen molar-refractivity contribution in [3.05, 3.63) is 9.93 Å². The van der Waals surface area contributed by atoms with Crippen molar-refractivity contribution in [3.63, 3.8) is 0 Å². The Kier molecular flexibility index (Phi) is 3.65. The molecule has 2 amide bonds. The Hall–Kier alpha value is -1.19. The van der Waals surface area contributed by atoms with Gasteiger partial charge in [-0.2, -0.15) is 0 Å². The van der Waals surface area contributed by atoms with Crippen molar-refractivity contribution in [1.29, 1.82) is 0 Å². The molecule has 3 aliphatic heterocycles. The second kappa shape index (κ2) is 5.30. The number of carbonyl (C=O) groups excluding carboxylic acids is 2. The lowest BCUT2D eigenvalue weighted by Crippen LogP contribution is -2.48. The summed E-state index contributed by atoms with van der Waals surface area (Å²) in [6.45, 7) is 2.74. The summed E-state index contributed by atoms with van der Waals surface area (Å²) in [4.78, 5) is 37.9. The molecule has 2 N–H and O–H groups in total. The first kappa shape index (κ1) is 13.8. The molecule has 7 nitrogen and oxygen atoms in total. The van der Waals surface area contributed by atoms with Gasteiger partial charge in [0.2, 0.25) is 5.91 Å². The molecule has 9 heteroatoms. The molecule has 0 saturated carbocycles.